The Bertz CT molecular complexity index is 339. The predicted octanol–water partition coefficient (Wildman–Crippen LogP) is 3.26. The van der Waals surface area contributed by atoms with Crippen LogP contribution in [0.1, 0.15) is 25.8 Å². The van der Waals surface area contributed by atoms with Gasteiger partial charge in [0, 0.05) is 11.1 Å². The molecule has 90 valence electrons. The number of aryl methyl sites for hydroxylation is 1. The van der Waals surface area contributed by atoms with E-state index in [-0.39, 0.29) is 6.04 Å². The normalized spacial score (nSPS) is 12.9. The second kappa shape index (κ2) is 6.12. The Hall–Kier alpha value is -0.730. The van der Waals surface area contributed by atoms with Gasteiger partial charge in [0.25, 0.3) is 0 Å². The third-order valence-electron chi connectivity index (χ3n) is 2.85. The molecule has 0 amide bonds. The first kappa shape index (κ1) is 13.3. The highest BCUT2D eigenvalue weighted by Crippen LogP contribution is 2.24. The number of halogens is 1. The zero-order valence-corrected chi connectivity index (χ0v) is 10.9. The molecule has 0 aliphatic carbocycles. The van der Waals surface area contributed by atoms with Crippen molar-refractivity contribution in [3.05, 3.63) is 28.8 Å². The maximum absolute atomic E-state index is 6.02. The van der Waals surface area contributed by atoms with Crippen LogP contribution >= 0.6 is 11.6 Å². The Kier molecular flexibility index (Phi) is 5.10. The van der Waals surface area contributed by atoms with E-state index in [1.54, 1.807) is 7.11 Å². The van der Waals surface area contributed by atoms with Gasteiger partial charge in [0.2, 0.25) is 0 Å². The zero-order chi connectivity index (χ0) is 12.1. The van der Waals surface area contributed by atoms with Gasteiger partial charge in [-0.1, -0.05) is 25.4 Å². The van der Waals surface area contributed by atoms with Crippen LogP contribution < -0.4 is 10.5 Å². The molecule has 0 aliphatic rings. The van der Waals surface area contributed by atoms with E-state index in [0.29, 0.717) is 5.92 Å². The fourth-order valence-electron chi connectivity index (χ4n) is 1.60. The third-order valence-corrected chi connectivity index (χ3v) is 3.08. The van der Waals surface area contributed by atoms with Gasteiger partial charge in [-0.3, -0.25) is 0 Å². The fourth-order valence-corrected chi connectivity index (χ4v) is 1.79. The van der Waals surface area contributed by atoms with Crippen LogP contribution in [-0.2, 0) is 6.42 Å². The monoisotopic (exact) mass is 241 g/mol. The second-order valence-electron chi connectivity index (χ2n) is 4.40. The summed E-state index contributed by atoms with van der Waals surface area (Å²) in [5, 5.41) is 0.744. The SMILES string of the molecule is COc1ccc(Cl)cc1CCC(N)C(C)C. The predicted molar refractivity (Wildman–Crippen MR) is 69.1 cm³/mol. The lowest BCUT2D eigenvalue weighted by atomic mass is 9.97. The van der Waals surface area contributed by atoms with Crippen molar-refractivity contribution in [2.45, 2.75) is 32.7 Å². The third kappa shape index (κ3) is 3.69. The Morgan fingerprint density at radius 1 is 1.38 bits per heavy atom. The molecule has 1 aromatic rings. The molecule has 1 atom stereocenters. The summed E-state index contributed by atoms with van der Waals surface area (Å²) in [6.45, 7) is 4.28. The number of nitrogens with two attached hydrogens (primary N) is 1. The molecule has 3 heteroatoms. The molecule has 0 aromatic heterocycles. The molecule has 0 heterocycles. The summed E-state index contributed by atoms with van der Waals surface area (Å²) in [7, 11) is 1.68. The van der Waals surface area contributed by atoms with Crippen LogP contribution in [0.2, 0.25) is 5.02 Å². The van der Waals surface area contributed by atoms with Crippen molar-refractivity contribution in [3.63, 3.8) is 0 Å². The lowest BCUT2D eigenvalue weighted by Gasteiger charge is -2.16. The average molecular weight is 242 g/mol. The van der Waals surface area contributed by atoms with E-state index in [2.05, 4.69) is 13.8 Å². The van der Waals surface area contributed by atoms with Gasteiger partial charge in [-0.2, -0.15) is 0 Å². The zero-order valence-electron chi connectivity index (χ0n) is 10.2. The minimum Gasteiger partial charge on any atom is -0.496 e. The van der Waals surface area contributed by atoms with Crippen molar-refractivity contribution in [1.29, 1.82) is 0 Å². The summed E-state index contributed by atoms with van der Waals surface area (Å²) >= 11 is 5.96. The van der Waals surface area contributed by atoms with Crippen molar-refractivity contribution in [2.75, 3.05) is 7.11 Å². The highest BCUT2D eigenvalue weighted by Gasteiger charge is 2.10. The highest BCUT2D eigenvalue weighted by atomic mass is 35.5. The number of benzene rings is 1. The minimum atomic E-state index is 0.226. The quantitative estimate of drug-likeness (QED) is 0.859. The number of hydrogen-bond acceptors (Lipinski definition) is 2. The van der Waals surface area contributed by atoms with Crippen LogP contribution in [0.25, 0.3) is 0 Å². The Morgan fingerprint density at radius 3 is 2.62 bits per heavy atom. The first-order chi connectivity index (χ1) is 7.54. The lowest BCUT2D eigenvalue weighted by Crippen LogP contribution is -2.26. The van der Waals surface area contributed by atoms with Crippen LogP contribution in [-0.4, -0.2) is 13.2 Å². The molecule has 0 radical (unpaired) electrons. The molecule has 16 heavy (non-hydrogen) atoms. The summed E-state index contributed by atoms with van der Waals surface area (Å²) in [5.41, 5.74) is 7.15. The molecule has 2 N–H and O–H groups in total. The van der Waals surface area contributed by atoms with Gasteiger partial charge < -0.3 is 10.5 Å². The number of hydrogen-bond donors (Lipinski definition) is 1. The Morgan fingerprint density at radius 2 is 2.06 bits per heavy atom. The molecule has 0 bridgehead atoms. The minimum absolute atomic E-state index is 0.226. The molecule has 0 fully saturated rings. The van der Waals surface area contributed by atoms with E-state index >= 15 is 0 Å². The summed E-state index contributed by atoms with van der Waals surface area (Å²) in [6, 6.07) is 5.92. The van der Waals surface area contributed by atoms with Gasteiger partial charge in [-0.15, -0.1) is 0 Å². The van der Waals surface area contributed by atoms with E-state index in [9.17, 15) is 0 Å². The Balaban J connectivity index is 2.68. The van der Waals surface area contributed by atoms with Crippen LogP contribution in [0.5, 0.6) is 5.75 Å². The topological polar surface area (TPSA) is 35.2 Å². The Labute approximate surface area is 103 Å². The van der Waals surface area contributed by atoms with E-state index in [1.165, 1.54) is 0 Å². The molecule has 0 saturated carbocycles. The molecule has 1 aromatic carbocycles. The molecule has 1 unspecified atom stereocenters. The number of methoxy groups -OCH3 is 1. The molecule has 0 spiro atoms. The first-order valence-electron chi connectivity index (χ1n) is 5.62. The molecule has 1 rings (SSSR count). The smallest absolute Gasteiger partial charge is 0.122 e. The van der Waals surface area contributed by atoms with Crippen molar-refractivity contribution < 1.29 is 4.74 Å². The number of rotatable bonds is 5. The van der Waals surface area contributed by atoms with Gasteiger partial charge in [0.05, 0.1) is 7.11 Å². The summed E-state index contributed by atoms with van der Waals surface area (Å²) < 4.78 is 5.29. The van der Waals surface area contributed by atoms with Gasteiger partial charge in [0.15, 0.2) is 0 Å². The average Bonchev–Trinajstić information content (AvgIpc) is 2.25. The summed E-state index contributed by atoms with van der Waals surface area (Å²) in [6.07, 6.45) is 1.86. The maximum atomic E-state index is 6.02. The van der Waals surface area contributed by atoms with Crippen molar-refractivity contribution in [2.24, 2.45) is 11.7 Å². The van der Waals surface area contributed by atoms with Gasteiger partial charge in [-0.25, -0.2) is 0 Å². The van der Waals surface area contributed by atoms with Gasteiger partial charge in [0.1, 0.15) is 5.75 Å². The van der Waals surface area contributed by atoms with Crippen molar-refractivity contribution in [1.82, 2.24) is 0 Å². The van der Waals surface area contributed by atoms with Crippen molar-refractivity contribution in [3.8, 4) is 5.75 Å². The van der Waals surface area contributed by atoms with E-state index in [4.69, 9.17) is 22.1 Å². The van der Waals surface area contributed by atoms with Crippen LogP contribution in [0.3, 0.4) is 0 Å². The lowest BCUT2D eigenvalue weighted by molar-refractivity contribution is 0.405. The highest BCUT2D eigenvalue weighted by molar-refractivity contribution is 6.30. The van der Waals surface area contributed by atoms with E-state index in [1.807, 2.05) is 18.2 Å². The molecular weight excluding hydrogens is 222 g/mol. The summed E-state index contributed by atoms with van der Waals surface area (Å²) in [4.78, 5) is 0. The maximum Gasteiger partial charge on any atom is 0.122 e. The molecule has 0 aliphatic heterocycles. The first-order valence-corrected chi connectivity index (χ1v) is 6.00. The van der Waals surface area contributed by atoms with E-state index < -0.39 is 0 Å². The van der Waals surface area contributed by atoms with E-state index in [0.717, 1.165) is 29.2 Å². The summed E-state index contributed by atoms with van der Waals surface area (Å²) in [5.74, 6) is 1.39. The van der Waals surface area contributed by atoms with Gasteiger partial charge >= 0.3 is 0 Å². The largest absolute Gasteiger partial charge is 0.496 e. The van der Waals surface area contributed by atoms with Crippen molar-refractivity contribution >= 4 is 11.6 Å². The van der Waals surface area contributed by atoms with Gasteiger partial charge in [-0.05, 0) is 42.5 Å². The molecule has 2 nitrogen and oxygen atoms in total. The fraction of sp³-hybridized carbons (Fsp3) is 0.538. The standard InChI is InChI=1S/C13H20ClNO/c1-9(2)12(15)6-4-10-8-11(14)5-7-13(10)16-3/h5,7-9,12H,4,6,15H2,1-3H3. The van der Waals surface area contributed by atoms with Crippen LogP contribution in [0.4, 0.5) is 0 Å². The number of ether oxygens (including phenoxy) is 1. The molecule has 0 saturated heterocycles. The second-order valence-corrected chi connectivity index (χ2v) is 4.84. The molecular formula is C13H20ClNO. The van der Waals surface area contributed by atoms with Crippen LogP contribution in [0, 0.1) is 5.92 Å². The van der Waals surface area contributed by atoms with Crippen LogP contribution in [0.15, 0.2) is 18.2 Å².